The zero-order valence-electron chi connectivity index (χ0n) is 12.0. The average Bonchev–Trinajstić information content (AvgIpc) is 2.23. The Bertz CT molecular complexity index is 387. The van der Waals surface area contributed by atoms with Gasteiger partial charge >= 0.3 is 5.97 Å². The van der Waals surface area contributed by atoms with Crippen LogP contribution in [-0.2, 0) is 9.53 Å². The van der Waals surface area contributed by atoms with E-state index >= 15 is 0 Å². The monoisotopic (exact) mass is 252 g/mol. The Kier molecular flexibility index (Phi) is 3.09. The number of aliphatic hydroxyl groups excluding tert-OH is 1. The summed E-state index contributed by atoms with van der Waals surface area (Å²) in [6.07, 6.45) is 2.53. The third kappa shape index (κ3) is 2.09. The molecular formula is C15H24O3. The van der Waals surface area contributed by atoms with E-state index in [0.29, 0.717) is 18.4 Å². The molecule has 3 aliphatic carbocycles. The molecule has 0 aromatic carbocycles. The van der Waals surface area contributed by atoms with Crippen LogP contribution >= 0.6 is 0 Å². The van der Waals surface area contributed by atoms with E-state index < -0.39 is 5.41 Å². The molecule has 102 valence electrons. The van der Waals surface area contributed by atoms with Crippen LogP contribution in [0.15, 0.2) is 11.6 Å². The van der Waals surface area contributed by atoms with Gasteiger partial charge in [-0.15, -0.1) is 0 Å². The molecule has 0 amide bonds. The van der Waals surface area contributed by atoms with E-state index in [1.54, 1.807) is 0 Å². The molecule has 0 aliphatic heterocycles. The van der Waals surface area contributed by atoms with Crippen molar-refractivity contribution < 1.29 is 14.6 Å². The van der Waals surface area contributed by atoms with Gasteiger partial charge in [-0.3, -0.25) is 4.79 Å². The van der Waals surface area contributed by atoms with Crippen LogP contribution in [0, 0.1) is 22.7 Å². The maximum Gasteiger partial charge on any atom is 0.311 e. The summed E-state index contributed by atoms with van der Waals surface area (Å²) in [5.41, 5.74) is 0.760. The second-order valence-corrected chi connectivity index (χ2v) is 7.27. The van der Waals surface area contributed by atoms with Gasteiger partial charge in [0, 0.05) is 0 Å². The lowest BCUT2D eigenvalue weighted by atomic mass is 9.48. The molecule has 0 unspecified atom stereocenters. The van der Waals surface area contributed by atoms with Crippen LogP contribution in [-0.4, -0.2) is 23.8 Å². The minimum Gasteiger partial charge on any atom is -0.461 e. The molecule has 3 aliphatic rings. The maximum atomic E-state index is 11.8. The zero-order valence-corrected chi connectivity index (χ0v) is 12.0. The van der Waals surface area contributed by atoms with E-state index in [1.165, 1.54) is 0 Å². The Balaban J connectivity index is 2.01. The number of aliphatic hydroxyl groups is 1. The number of rotatable bonds is 2. The van der Waals surface area contributed by atoms with Gasteiger partial charge in [0.15, 0.2) is 0 Å². The van der Waals surface area contributed by atoms with Gasteiger partial charge in [0.05, 0.1) is 11.5 Å². The van der Waals surface area contributed by atoms with Crippen LogP contribution in [0.5, 0.6) is 0 Å². The van der Waals surface area contributed by atoms with Crippen LogP contribution in [0.25, 0.3) is 0 Å². The SMILES string of the molecule is CC(C)(C)C(=O)OCC1=C[C@@H](O)[C@@H]2C[C@H]1C2(C)C. The van der Waals surface area contributed by atoms with Crippen LogP contribution in [0.1, 0.15) is 41.0 Å². The summed E-state index contributed by atoms with van der Waals surface area (Å²) in [6, 6.07) is 0. The van der Waals surface area contributed by atoms with Crippen LogP contribution in [0.4, 0.5) is 0 Å². The molecular weight excluding hydrogens is 228 g/mol. The highest BCUT2D eigenvalue weighted by molar-refractivity contribution is 5.75. The normalized spacial score (nSPS) is 33.4. The largest absolute Gasteiger partial charge is 0.461 e. The van der Waals surface area contributed by atoms with Crippen LogP contribution in [0.3, 0.4) is 0 Å². The number of esters is 1. The molecule has 3 nitrogen and oxygen atoms in total. The minimum absolute atomic E-state index is 0.137. The Morgan fingerprint density at radius 3 is 2.56 bits per heavy atom. The highest BCUT2D eigenvalue weighted by atomic mass is 16.5. The van der Waals surface area contributed by atoms with Crippen molar-refractivity contribution in [2.24, 2.45) is 22.7 Å². The van der Waals surface area contributed by atoms with Crippen molar-refractivity contribution >= 4 is 5.97 Å². The maximum absolute atomic E-state index is 11.8. The van der Waals surface area contributed by atoms with Gasteiger partial charge in [0.1, 0.15) is 6.61 Å². The molecule has 2 bridgehead atoms. The molecule has 3 rings (SSSR count). The molecule has 0 aromatic heterocycles. The number of fused-ring (bicyclic) bond motifs is 1. The van der Waals surface area contributed by atoms with Crippen molar-refractivity contribution in [2.45, 2.75) is 47.1 Å². The third-order valence-electron chi connectivity index (χ3n) is 4.57. The summed E-state index contributed by atoms with van der Waals surface area (Å²) in [4.78, 5) is 11.8. The lowest BCUT2D eigenvalue weighted by molar-refractivity contribution is -0.153. The summed E-state index contributed by atoms with van der Waals surface area (Å²) in [7, 11) is 0. The fourth-order valence-electron chi connectivity index (χ4n) is 3.13. The smallest absolute Gasteiger partial charge is 0.311 e. The fourth-order valence-corrected chi connectivity index (χ4v) is 3.13. The average molecular weight is 252 g/mol. The van der Waals surface area contributed by atoms with Crippen LogP contribution in [0.2, 0.25) is 0 Å². The van der Waals surface area contributed by atoms with Crippen molar-refractivity contribution in [1.29, 1.82) is 0 Å². The van der Waals surface area contributed by atoms with Gasteiger partial charge in [0.2, 0.25) is 0 Å². The molecule has 3 heteroatoms. The van der Waals surface area contributed by atoms with E-state index in [9.17, 15) is 9.90 Å². The van der Waals surface area contributed by atoms with Crippen molar-refractivity contribution in [3.63, 3.8) is 0 Å². The topological polar surface area (TPSA) is 46.5 Å². The van der Waals surface area contributed by atoms with Gasteiger partial charge in [-0.25, -0.2) is 0 Å². The summed E-state index contributed by atoms with van der Waals surface area (Å²) in [5, 5.41) is 10.0. The molecule has 1 N–H and O–H groups in total. The molecule has 0 spiro atoms. The lowest BCUT2D eigenvalue weighted by Crippen LogP contribution is -2.54. The van der Waals surface area contributed by atoms with Crippen molar-refractivity contribution in [3.05, 3.63) is 11.6 Å². The number of hydrogen-bond acceptors (Lipinski definition) is 3. The summed E-state index contributed by atoms with van der Waals surface area (Å²) < 4.78 is 5.36. The van der Waals surface area contributed by atoms with Gasteiger partial charge in [-0.05, 0) is 50.0 Å². The molecule has 18 heavy (non-hydrogen) atoms. The molecule has 0 radical (unpaired) electrons. The standard InChI is InChI=1S/C15H24O3/c1-14(2,3)13(17)18-8-9-6-12(16)11-7-10(9)15(11,4)5/h6,10-12,16H,7-8H2,1-5H3/t10-,11+,12-/m1/s1. The van der Waals surface area contributed by atoms with Crippen molar-refractivity contribution in [3.8, 4) is 0 Å². The number of carbonyl (C=O) groups is 1. The summed E-state index contributed by atoms with van der Waals surface area (Å²) in [5.74, 6) is 0.639. The molecule has 0 aromatic rings. The van der Waals surface area contributed by atoms with Gasteiger partial charge in [0.25, 0.3) is 0 Å². The number of hydrogen-bond donors (Lipinski definition) is 1. The van der Waals surface area contributed by atoms with Gasteiger partial charge < -0.3 is 9.84 Å². The van der Waals surface area contributed by atoms with E-state index in [1.807, 2.05) is 26.8 Å². The first kappa shape index (κ1) is 13.6. The quantitative estimate of drug-likeness (QED) is 0.607. The lowest BCUT2D eigenvalue weighted by Gasteiger charge is -2.58. The van der Waals surface area contributed by atoms with E-state index in [0.717, 1.165) is 12.0 Å². The fraction of sp³-hybridized carbons (Fsp3) is 0.800. The first-order chi connectivity index (χ1) is 8.14. The third-order valence-corrected chi connectivity index (χ3v) is 4.57. The number of carbonyl (C=O) groups excluding carboxylic acids is 1. The Morgan fingerprint density at radius 1 is 1.50 bits per heavy atom. The second kappa shape index (κ2) is 4.09. The van der Waals surface area contributed by atoms with Gasteiger partial charge in [-0.2, -0.15) is 0 Å². The van der Waals surface area contributed by atoms with Crippen molar-refractivity contribution in [2.75, 3.05) is 6.61 Å². The second-order valence-electron chi connectivity index (χ2n) is 7.27. The van der Waals surface area contributed by atoms with Crippen LogP contribution < -0.4 is 0 Å². The van der Waals surface area contributed by atoms with E-state index in [4.69, 9.17) is 4.74 Å². The highest BCUT2D eigenvalue weighted by Crippen LogP contribution is 2.59. The summed E-state index contributed by atoms with van der Waals surface area (Å²) in [6.45, 7) is 10.3. The molecule has 0 heterocycles. The van der Waals surface area contributed by atoms with Gasteiger partial charge in [-0.1, -0.05) is 19.9 Å². The molecule has 1 fully saturated rings. The number of ether oxygens (including phenoxy) is 1. The zero-order chi connectivity index (χ0) is 13.7. The highest BCUT2D eigenvalue weighted by Gasteiger charge is 2.55. The first-order valence-electron chi connectivity index (χ1n) is 6.70. The molecule has 3 atom stereocenters. The Morgan fingerprint density at radius 2 is 2.11 bits per heavy atom. The molecule has 0 saturated heterocycles. The summed E-state index contributed by atoms with van der Waals surface area (Å²) >= 11 is 0. The van der Waals surface area contributed by atoms with E-state index in [-0.39, 0.29) is 17.5 Å². The minimum atomic E-state index is -0.467. The van der Waals surface area contributed by atoms with Crippen molar-refractivity contribution in [1.82, 2.24) is 0 Å². The first-order valence-corrected chi connectivity index (χ1v) is 6.70. The Labute approximate surface area is 109 Å². The predicted octanol–water partition coefficient (Wildman–Crippen LogP) is 2.54. The molecule has 1 saturated carbocycles. The Hall–Kier alpha value is -0.830. The van der Waals surface area contributed by atoms with E-state index in [2.05, 4.69) is 13.8 Å². The predicted molar refractivity (Wildman–Crippen MR) is 69.9 cm³/mol.